The summed E-state index contributed by atoms with van der Waals surface area (Å²) in [4.78, 5) is 14.1. The molecule has 0 bridgehead atoms. The highest BCUT2D eigenvalue weighted by molar-refractivity contribution is 7.72. The van der Waals surface area contributed by atoms with Crippen molar-refractivity contribution in [3.8, 4) is 11.5 Å². The molecule has 1 fully saturated rings. The Morgan fingerprint density at radius 3 is 1.75 bits per heavy atom. The highest BCUT2D eigenvalue weighted by Crippen LogP contribution is 2.19. The zero-order chi connectivity index (χ0) is 20.5. The second-order valence-electron chi connectivity index (χ2n) is 6.18. The standard InChI is InChI=1S/C12H10O.C7H13N3O4S/c1-3-7-11(8-4-1)13-12-9-5-2-6-10-12;1-9-3-5(6(11)8-12)4-10(2)7(9)15(13)14/h1-10H;5,12H,3-4H2,1-2H3,(H,8,11). The summed E-state index contributed by atoms with van der Waals surface area (Å²) >= 11 is 0. The number of hydrogen-bond donors (Lipinski definition) is 2. The van der Waals surface area contributed by atoms with Crippen LogP contribution < -0.4 is 10.2 Å². The molecule has 0 unspecified atom stereocenters. The van der Waals surface area contributed by atoms with E-state index in [2.05, 4.69) is 0 Å². The van der Waals surface area contributed by atoms with Crippen LogP contribution in [0.4, 0.5) is 0 Å². The fraction of sp³-hybridized carbons (Fsp3) is 0.263. The Labute approximate surface area is 165 Å². The molecule has 1 heterocycles. The largest absolute Gasteiger partial charge is 0.457 e. The van der Waals surface area contributed by atoms with Crippen molar-refractivity contribution in [2.75, 3.05) is 27.2 Å². The average molecular weight is 405 g/mol. The van der Waals surface area contributed by atoms with E-state index < -0.39 is 22.1 Å². The average Bonchev–Trinajstić information content (AvgIpc) is 2.68. The van der Waals surface area contributed by atoms with E-state index in [0.717, 1.165) is 11.5 Å². The van der Waals surface area contributed by atoms with Crippen molar-refractivity contribution in [3.05, 3.63) is 60.7 Å². The fourth-order valence-corrected chi connectivity index (χ4v) is 3.45. The normalized spacial score (nSPS) is 17.2. The zero-order valence-electron chi connectivity index (χ0n) is 15.6. The Balaban J connectivity index is 0.000000202. The molecule has 0 aromatic heterocycles. The molecule has 2 aromatic rings. The van der Waals surface area contributed by atoms with Crippen molar-refractivity contribution in [3.63, 3.8) is 0 Å². The van der Waals surface area contributed by atoms with E-state index in [0.29, 0.717) is 0 Å². The van der Waals surface area contributed by atoms with Crippen LogP contribution in [0.25, 0.3) is 0 Å². The van der Waals surface area contributed by atoms with Crippen LogP contribution in [0.3, 0.4) is 0 Å². The van der Waals surface area contributed by atoms with E-state index in [-0.39, 0.29) is 18.2 Å². The molecule has 3 rings (SSSR count). The molecule has 1 aliphatic heterocycles. The number of para-hydroxylation sites is 2. The smallest absolute Gasteiger partial charge is 0.249 e. The number of amides is 1. The van der Waals surface area contributed by atoms with Crippen LogP contribution in [0, 0.1) is 5.92 Å². The van der Waals surface area contributed by atoms with E-state index in [4.69, 9.17) is 9.94 Å². The van der Waals surface area contributed by atoms with E-state index >= 15 is 0 Å². The van der Waals surface area contributed by atoms with Gasteiger partial charge in [0.15, 0.2) is 5.11 Å². The van der Waals surface area contributed by atoms with Gasteiger partial charge in [0.05, 0.1) is 5.92 Å². The Hall–Kier alpha value is -2.72. The minimum absolute atomic E-state index is 0.150. The van der Waals surface area contributed by atoms with Crippen LogP contribution in [0.1, 0.15) is 0 Å². The molecule has 0 spiro atoms. The lowest BCUT2D eigenvalue weighted by Gasteiger charge is -2.34. The van der Waals surface area contributed by atoms with E-state index in [9.17, 15) is 13.2 Å². The second-order valence-corrected chi connectivity index (χ2v) is 7.01. The second kappa shape index (κ2) is 10.6. The number of nitrogens with zero attached hydrogens (tertiary/aromatic N) is 2. The number of carbonyl (C=O) groups excluding carboxylic acids is 1. The minimum atomic E-state index is -2.32. The monoisotopic (exact) mass is 405 g/mol. The van der Waals surface area contributed by atoms with Gasteiger partial charge in [-0.1, -0.05) is 36.4 Å². The summed E-state index contributed by atoms with van der Waals surface area (Å²) < 4.78 is 27.3. The Morgan fingerprint density at radius 2 is 1.39 bits per heavy atom. The van der Waals surface area contributed by atoms with Gasteiger partial charge in [-0.05, 0) is 38.4 Å². The molecule has 2 N–H and O–H groups in total. The molecule has 8 nitrogen and oxygen atoms in total. The lowest BCUT2D eigenvalue weighted by molar-refractivity contribution is -0.134. The van der Waals surface area contributed by atoms with Gasteiger partial charge in [0, 0.05) is 13.1 Å². The van der Waals surface area contributed by atoms with E-state index in [1.165, 1.54) is 9.80 Å². The van der Waals surface area contributed by atoms with Gasteiger partial charge in [0.25, 0.3) is 0 Å². The molecule has 0 atom stereocenters. The van der Waals surface area contributed by atoms with Gasteiger partial charge in [0.1, 0.15) is 11.5 Å². The third-order valence-electron chi connectivity index (χ3n) is 3.99. The third-order valence-corrected chi connectivity index (χ3v) is 4.92. The number of hydrogen-bond acceptors (Lipinski definition) is 5. The zero-order valence-corrected chi connectivity index (χ0v) is 16.5. The van der Waals surface area contributed by atoms with E-state index in [1.807, 2.05) is 60.7 Å². The van der Waals surface area contributed by atoms with Crippen molar-refractivity contribution in [2.45, 2.75) is 0 Å². The summed E-state index contributed by atoms with van der Waals surface area (Å²) in [6.45, 7) is 0.528. The maximum atomic E-state index is 11.2. The lowest BCUT2D eigenvalue weighted by Crippen LogP contribution is -2.54. The van der Waals surface area contributed by atoms with Gasteiger partial charge >= 0.3 is 0 Å². The number of rotatable bonds is 3. The summed E-state index contributed by atoms with van der Waals surface area (Å²) in [5, 5.41) is 8.62. The van der Waals surface area contributed by atoms with Crippen molar-refractivity contribution in [2.24, 2.45) is 5.92 Å². The van der Waals surface area contributed by atoms with Crippen LogP contribution in [-0.4, -0.2) is 61.6 Å². The molecule has 0 aliphatic carbocycles. The highest BCUT2D eigenvalue weighted by atomic mass is 32.2. The number of benzene rings is 2. The minimum Gasteiger partial charge on any atom is -0.457 e. The molecule has 150 valence electrons. The number of carbonyl (C=O) groups is 1. The predicted molar refractivity (Wildman–Crippen MR) is 106 cm³/mol. The third kappa shape index (κ3) is 6.17. The topological polar surface area (TPSA) is 99.2 Å². The Bertz CT molecular complexity index is 844. The van der Waals surface area contributed by atoms with Crippen LogP contribution in [0.2, 0.25) is 0 Å². The van der Waals surface area contributed by atoms with Gasteiger partial charge in [-0.15, -0.1) is 0 Å². The van der Waals surface area contributed by atoms with Crippen LogP contribution >= 0.6 is 0 Å². The fourth-order valence-electron chi connectivity index (χ4n) is 2.79. The summed E-state index contributed by atoms with van der Waals surface area (Å²) in [7, 11) is 0.846. The maximum Gasteiger partial charge on any atom is 0.249 e. The first-order chi connectivity index (χ1) is 13.4. The number of ether oxygens (including phenoxy) is 1. The lowest BCUT2D eigenvalue weighted by atomic mass is 10.1. The molecule has 1 aliphatic rings. The Morgan fingerprint density at radius 1 is 0.964 bits per heavy atom. The van der Waals surface area contributed by atoms with Crippen LogP contribution in [0.5, 0.6) is 11.5 Å². The van der Waals surface area contributed by atoms with Gasteiger partial charge < -0.3 is 4.74 Å². The predicted octanol–water partition coefficient (Wildman–Crippen LogP) is 1.43. The van der Waals surface area contributed by atoms with Crippen molar-refractivity contribution < 1.29 is 23.2 Å². The molecule has 1 amide bonds. The van der Waals surface area contributed by atoms with Gasteiger partial charge in [-0.3, -0.25) is 19.8 Å². The first kappa shape index (κ1) is 21.6. The Kier molecular flexibility index (Phi) is 8.15. The highest BCUT2D eigenvalue weighted by Gasteiger charge is 2.31. The van der Waals surface area contributed by atoms with E-state index in [1.54, 1.807) is 19.6 Å². The molecular weight excluding hydrogens is 382 g/mol. The molecule has 0 radical (unpaired) electrons. The molecule has 2 aromatic carbocycles. The maximum absolute atomic E-state index is 11.2. The molecule has 9 heteroatoms. The number of hydroxylamine groups is 1. The first-order valence-electron chi connectivity index (χ1n) is 8.52. The first-order valence-corrected chi connectivity index (χ1v) is 9.60. The summed E-state index contributed by atoms with van der Waals surface area (Å²) in [5.74, 6) is 0.782. The van der Waals surface area contributed by atoms with Crippen LogP contribution in [0.15, 0.2) is 60.7 Å². The molecular formula is C19H23N3O5S. The molecule has 1 saturated heterocycles. The van der Waals surface area contributed by atoms with Gasteiger partial charge in [0.2, 0.25) is 16.2 Å². The number of nitrogens with one attached hydrogen (secondary N) is 1. The summed E-state index contributed by atoms with van der Waals surface area (Å²) in [5.41, 5.74) is 1.56. The van der Waals surface area contributed by atoms with Gasteiger partial charge in [-0.2, -0.15) is 8.42 Å². The van der Waals surface area contributed by atoms with Crippen molar-refractivity contribution in [1.29, 1.82) is 0 Å². The quantitative estimate of drug-likeness (QED) is 0.453. The van der Waals surface area contributed by atoms with Gasteiger partial charge in [-0.25, -0.2) is 5.48 Å². The van der Waals surface area contributed by atoms with Crippen LogP contribution in [-0.2, 0) is 15.1 Å². The SMILES string of the molecule is CN1CC(C(=O)NO)CN(C)C1=S(=O)=O.c1ccc(Oc2ccccc2)cc1. The van der Waals surface area contributed by atoms with Crippen molar-refractivity contribution in [1.82, 2.24) is 15.3 Å². The molecule has 0 saturated carbocycles. The van der Waals surface area contributed by atoms with Crippen molar-refractivity contribution >= 4 is 21.3 Å². The summed E-state index contributed by atoms with van der Waals surface area (Å²) in [6, 6.07) is 19.5. The summed E-state index contributed by atoms with van der Waals surface area (Å²) in [6.07, 6.45) is 0. The molecule has 28 heavy (non-hydrogen) atoms.